The Hall–Kier alpha value is -2.64. The lowest BCUT2D eigenvalue weighted by Gasteiger charge is -2.55. The summed E-state index contributed by atoms with van der Waals surface area (Å²) in [7, 11) is 0. The van der Waals surface area contributed by atoms with Crippen LogP contribution in [0.5, 0.6) is 0 Å². The van der Waals surface area contributed by atoms with E-state index in [4.69, 9.17) is 4.74 Å². The molecule has 2 aromatic heterocycles. The number of ether oxygens (including phenoxy) is 1. The fourth-order valence-corrected chi connectivity index (χ4v) is 3.92. The van der Waals surface area contributed by atoms with E-state index in [1.807, 2.05) is 30.6 Å². The number of hydrogen-bond donors (Lipinski definition) is 0. The predicted molar refractivity (Wildman–Crippen MR) is 98.4 cm³/mol. The zero-order valence-corrected chi connectivity index (χ0v) is 16.0. The second kappa shape index (κ2) is 6.21. The molecule has 27 heavy (non-hydrogen) atoms. The number of nitrogens with zero attached hydrogens (tertiary/aromatic N) is 5. The summed E-state index contributed by atoms with van der Waals surface area (Å²) >= 11 is 0. The first-order valence-electron chi connectivity index (χ1n) is 9.37. The molecule has 0 aliphatic carbocycles. The van der Waals surface area contributed by atoms with Gasteiger partial charge < -0.3 is 14.5 Å². The summed E-state index contributed by atoms with van der Waals surface area (Å²) in [6, 6.07) is 3.55. The molecule has 0 N–H and O–H groups in total. The Balaban J connectivity index is 1.41. The number of carbonyl (C=O) groups excluding carboxylic acids is 2. The van der Waals surface area contributed by atoms with Gasteiger partial charge in [0.2, 0.25) is 0 Å². The Morgan fingerprint density at radius 2 is 1.85 bits per heavy atom. The third kappa shape index (κ3) is 3.24. The summed E-state index contributed by atoms with van der Waals surface area (Å²) in [6.45, 7) is 7.64. The summed E-state index contributed by atoms with van der Waals surface area (Å²) in [5.41, 5.74) is 0.620. The highest BCUT2D eigenvalue weighted by Gasteiger charge is 2.50. The van der Waals surface area contributed by atoms with Gasteiger partial charge in [-0.3, -0.25) is 9.20 Å². The molecule has 4 heterocycles. The van der Waals surface area contributed by atoms with E-state index in [2.05, 4.69) is 10.2 Å². The van der Waals surface area contributed by atoms with E-state index in [0.717, 1.165) is 25.8 Å². The summed E-state index contributed by atoms with van der Waals surface area (Å²) in [5.74, 6) is -0.00140. The highest BCUT2D eigenvalue weighted by atomic mass is 16.6. The average molecular weight is 371 g/mol. The largest absolute Gasteiger partial charge is 0.444 e. The standard InChI is InChI=1S/C19H25N5O3/c1-18(2,3)27-17(26)24-11-7-19(24)5-9-22(10-6-19)16(25)14-4-8-23-13-20-21-15(23)12-14/h4,8,12-13H,5-7,9-11H2,1-3H3. The molecule has 0 radical (unpaired) electrons. The predicted octanol–water partition coefficient (Wildman–Crippen LogP) is 2.34. The third-order valence-electron chi connectivity index (χ3n) is 5.52. The molecule has 8 nitrogen and oxygen atoms in total. The normalized spacial score (nSPS) is 19.2. The minimum absolute atomic E-state index is 0.00140. The second-order valence-electron chi connectivity index (χ2n) is 8.41. The van der Waals surface area contributed by atoms with Crippen LogP contribution < -0.4 is 0 Å². The molecule has 2 amide bonds. The first-order chi connectivity index (χ1) is 12.8. The molecule has 144 valence electrons. The fourth-order valence-electron chi connectivity index (χ4n) is 3.92. The van der Waals surface area contributed by atoms with E-state index < -0.39 is 5.60 Å². The van der Waals surface area contributed by atoms with Gasteiger partial charge in [-0.15, -0.1) is 10.2 Å². The van der Waals surface area contributed by atoms with Crippen LogP contribution in [0.2, 0.25) is 0 Å². The maximum atomic E-state index is 12.8. The number of piperidine rings is 1. The fraction of sp³-hybridized carbons (Fsp3) is 0.579. The van der Waals surface area contributed by atoms with E-state index in [1.165, 1.54) is 0 Å². The summed E-state index contributed by atoms with van der Waals surface area (Å²) in [4.78, 5) is 29.0. The molecule has 2 fully saturated rings. The zero-order valence-electron chi connectivity index (χ0n) is 16.0. The van der Waals surface area contributed by atoms with Crippen LogP contribution in [0, 0.1) is 0 Å². The van der Waals surface area contributed by atoms with Crippen LogP contribution >= 0.6 is 0 Å². The Kier molecular flexibility index (Phi) is 4.09. The Labute approximate surface area is 158 Å². The molecule has 0 bridgehead atoms. The Morgan fingerprint density at radius 1 is 1.15 bits per heavy atom. The van der Waals surface area contributed by atoms with Crippen molar-refractivity contribution in [2.24, 2.45) is 0 Å². The van der Waals surface area contributed by atoms with Crippen LogP contribution in [0.3, 0.4) is 0 Å². The van der Waals surface area contributed by atoms with Gasteiger partial charge >= 0.3 is 6.09 Å². The van der Waals surface area contributed by atoms with Gasteiger partial charge in [-0.2, -0.15) is 0 Å². The van der Waals surface area contributed by atoms with Crippen LogP contribution in [0.25, 0.3) is 5.65 Å². The quantitative estimate of drug-likeness (QED) is 0.769. The molecule has 4 rings (SSSR count). The lowest BCUT2D eigenvalue weighted by atomic mass is 9.76. The van der Waals surface area contributed by atoms with E-state index >= 15 is 0 Å². The molecular formula is C19H25N5O3. The molecule has 2 aromatic rings. The molecule has 0 unspecified atom stereocenters. The highest BCUT2D eigenvalue weighted by Crippen LogP contribution is 2.41. The van der Waals surface area contributed by atoms with Crippen LogP contribution in [0.1, 0.15) is 50.4 Å². The summed E-state index contributed by atoms with van der Waals surface area (Å²) in [5, 5.41) is 7.84. The smallest absolute Gasteiger partial charge is 0.410 e. The molecule has 0 atom stereocenters. The van der Waals surface area contributed by atoms with Gasteiger partial charge in [0.1, 0.15) is 11.9 Å². The minimum atomic E-state index is -0.495. The minimum Gasteiger partial charge on any atom is -0.444 e. The number of amides is 2. The molecule has 0 saturated carbocycles. The summed E-state index contributed by atoms with van der Waals surface area (Å²) in [6.07, 6.45) is 5.70. The average Bonchev–Trinajstić information content (AvgIpc) is 3.06. The Morgan fingerprint density at radius 3 is 2.48 bits per heavy atom. The van der Waals surface area contributed by atoms with Crippen molar-refractivity contribution in [3.05, 3.63) is 30.2 Å². The lowest BCUT2D eigenvalue weighted by Crippen LogP contribution is -2.66. The molecule has 2 aliphatic rings. The van der Waals surface area contributed by atoms with Crippen molar-refractivity contribution in [2.75, 3.05) is 19.6 Å². The number of likely N-dealkylation sites (tertiary alicyclic amines) is 2. The van der Waals surface area contributed by atoms with Gasteiger partial charge in [0.15, 0.2) is 5.65 Å². The monoisotopic (exact) mass is 371 g/mol. The highest BCUT2D eigenvalue weighted by molar-refractivity contribution is 5.95. The second-order valence-corrected chi connectivity index (χ2v) is 8.41. The molecular weight excluding hydrogens is 346 g/mol. The molecule has 8 heteroatoms. The topological polar surface area (TPSA) is 80.0 Å². The number of aromatic nitrogens is 3. The van der Waals surface area contributed by atoms with Gasteiger partial charge in [0.25, 0.3) is 5.91 Å². The van der Waals surface area contributed by atoms with E-state index in [-0.39, 0.29) is 17.5 Å². The number of carbonyl (C=O) groups is 2. The van der Waals surface area contributed by atoms with Crippen molar-refractivity contribution in [2.45, 2.75) is 51.2 Å². The van der Waals surface area contributed by atoms with Crippen LogP contribution in [0.15, 0.2) is 24.7 Å². The van der Waals surface area contributed by atoms with Crippen LogP contribution in [-0.2, 0) is 4.74 Å². The summed E-state index contributed by atoms with van der Waals surface area (Å²) < 4.78 is 7.31. The lowest BCUT2D eigenvalue weighted by molar-refractivity contribution is -0.0660. The van der Waals surface area contributed by atoms with Gasteiger partial charge in [0, 0.05) is 31.4 Å². The molecule has 2 saturated heterocycles. The van der Waals surface area contributed by atoms with Crippen LogP contribution in [-0.4, -0.2) is 67.2 Å². The van der Waals surface area contributed by atoms with E-state index in [1.54, 1.807) is 29.1 Å². The molecule has 1 spiro atoms. The van der Waals surface area contributed by atoms with E-state index in [0.29, 0.717) is 24.3 Å². The Bertz CT molecular complexity index is 877. The number of pyridine rings is 1. The number of rotatable bonds is 1. The number of fused-ring (bicyclic) bond motifs is 1. The van der Waals surface area contributed by atoms with Crippen molar-refractivity contribution in [3.8, 4) is 0 Å². The zero-order chi connectivity index (χ0) is 19.2. The van der Waals surface area contributed by atoms with Gasteiger partial charge in [-0.1, -0.05) is 0 Å². The van der Waals surface area contributed by atoms with Crippen LogP contribution in [0.4, 0.5) is 4.79 Å². The van der Waals surface area contributed by atoms with Gasteiger partial charge in [-0.05, 0) is 52.2 Å². The van der Waals surface area contributed by atoms with Crippen molar-refractivity contribution in [1.82, 2.24) is 24.4 Å². The maximum Gasteiger partial charge on any atom is 0.410 e. The van der Waals surface area contributed by atoms with Crippen molar-refractivity contribution >= 4 is 17.6 Å². The molecule has 2 aliphatic heterocycles. The number of hydrogen-bond acceptors (Lipinski definition) is 5. The SMILES string of the molecule is CC(C)(C)OC(=O)N1CCC12CCN(C(=O)c1ccn3cnnc3c1)CC2. The first kappa shape index (κ1) is 17.8. The maximum absolute atomic E-state index is 12.8. The third-order valence-corrected chi connectivity index (χ3v) is 5.52. The van der Waals surface area contributed by atoms with Crippen molar-refractivity contribution in [1.29, 1.82) is 0 Å². The molecule has 0 aromatic carbocycles. The van der Waals surface area contributed by atoms with Gasteiger partial charge in [-0.25, -0.2) is 4.79 Å². The van der Waals surface area contributed by atoms with Crippen molar-refractivity contribution in [3.63, 3.8) is 0 Å². The first-order valence-corrected chi connectivity index (χ1v) is 9.37. The van der Waals surface area contributed by atoms with Crippen molar-refractivity contribution < 1.29 is 14.3 Å². The van der Waals surface area contributed by atoms with E-state index in [9.17, 15) is 9.59 Å². The van der Waals surface area contributed by atoms with Gasteiger partial charge in [0.05, 0.1) is 5.54 Å².